The van der Waals surface area contributed by atoms with Gasteiger partial charge < -0.3 is 0 Å². The summed E-state index contributed by atoms with van der Waals surface area (Å²) in [5, 5.41) is 6.90. The van der Waals surface area contributed by atoms with Crippen LogP contribution in [0, 0.1) is 0 Å². The monoisotopic (exact) mass is 314 g/mol. The van der Waals surface area contributed by atoms with Crippen LogP contribution in [0.15, 0.2) is 96.1 Å². The van der Waals surface area contributed by atoms with Crippen molar-refractivity contribution < 1.29 is 0 Å². The zero-order valence-corrected chi connectivity index (χ0v) is 14.0. The molecule has 3 aromatic rings. The van der Waals surface area contributed by atoms with Gasteiger partial charge in [-0.1, -0.05) is 66.7 Å². The van der Waals surface area contributed by atoms with Crippen LogP contribution in [0.3, 0.4) is 0 Å². The van der Waals surface area contributed by atoms with Crippen LogP contribution in [-0.2, 0) is 6.42 Å². The molecule has 0 saturated carbocycles. The molecule has 0 N–H and O–H groups in total. The van der Waals surface area contributed by atoms with E-state index in [2.05, 4.69) is 61.5 Å². The lowest BCUT2D eigenvalue weighted by Gasteiger charge is -2.20. The van der Waals surface area contributed by atoms with Crippen LogP contribution in [0.25, 0.3) is 0 Å². The summed E-state index contributed by atoms with van der Waals surface area (Å²) in [5.74, 6) is 0. The van der Waals surface area contributed by atoms with Crippen LogP contribution in [0.1, 0.15) is 18.9 Å². The molecule has 3 aromatic carbocycles. The van der Waals surface area contributed by atoms with Gasteiger partial charge in [0.2, 0.25) is 0 Å². The van der Waals surface area contributed by atoms with Crippen molar-refractivity contribution in [3.8, 4) is 0 Å². The van der Waals surface area contributed by atoms with Gasteiger partial charge in [0.1, 0.15) is 0 Å². The Morgan fingerprint density at radius 3 is 1.67 bits per heavy atom. The van der Waals surface area contributed by atoms with E-state index in [0.29, 0.717) is 0 Å². The van der Waals surface area contributed by atoms with E-state index in [9.17, 15) is 0 Å². The van der Waals surface area contributed by atoms with Gasteiger partial charge in [0.25, 0.3) is 0 Å². The highest BCUT2D eigenvalue weighted by Gasteiger charge is 2.08. The van der Waals surface area contributed by atoms with E-state index in [4.69, 9.17) is 5.10 Å². The van der Waals surface area contributed by atoms with Crippen LogP contribution in [0.5, 0.6) is 0 Å². The molecule has 0 fully saturated rings. The summed E-state index contributed by atoms with van der Waals surface area (Å²) >= 11 is 0. The molecule has 0 spiro atoms. The molecule has 120 valence electrons. The van der Waals surface area contributed by atoms with E-state index < -0.39 is 0 Å². The quantitative estimate of drug-likeness (QED) is 0.412. The third-order valence-corrected chi connectivity index (χ3v) is 3.89. The molecule has 2 nitrogen and oxygen atoms in total. The molecule has 0 heterocycles. The average Bonchev–Trinajstić information content (AvgIpc) is 2.67. The van der Waals surface area contributed by atoms with E-state index in [1.807, 2.05) is 41.4 Å². The van der Waals surface area contributed by atoms with Crippen LogP contribution in [-0.4, -0.2) is 5.71 Å². The van der Waals surface area contributed by atoms with Gasteiger partial charge in [-0.15, -0.1) is 0 Å². The molecule has 0 radical (unpaired) electrons. The summed E-state index contributed by atoms with van der Waals surface area (Å²) in [6.45, 7) is 2.10. The van der Waals surface area contributed by atoms with Crippen molar-refractivity contribution in [2.24, 2.45) is 5.10 Å². The van der Waals surface area contributed by atoms with Gasteiger partial charge in [0, 0.05) is 5.71 Å². The first-order valence-corrected chi connectivity index (χ1v) is 8.31. The van der Waals surface area contributed by atoms with Crippen LogP contribution < -0.4 is 5.01 Å². The third-order valence-electron chi connectivity index (χ3n) is 3.89. The minimum absolute atomic E-state index is 0.945. The number of aryl methyl sites for hydroxylation is 1. The van der Waals surface area contributed by atoms with Crippen molar-refractivity contribution in [1.82, 2.24) is 0 Å². The first kappa shape index (κ1) is 16.0. The van der Waals surface area contributed by atoms with Crippen molar-refractivity contribution in [2.75, 3.05) is 5.01 Å². The molecule has 0 bridgehead atoms. The Bertz CT molecular complexity index is 725. The first-order chi connectivity index (χ1) is 11.8. The molecular weight excluding hydrogens is 292 g/mol. The van der Waals surface area contributed by atoms with Gasteiger partial charge in [-0.05, 0) is 49.6 Å². The summed E-state index contributed by atoms with van der Waals surface area (Å²) in [7, 11) is 0. The second-order valence-corrected chi connectivity index (χ2v) is 5.80. The molecule has 2 heteroatoms. The summed E-state index contributed by atoms with van der Waals surface area (Å²) < 4.78 is 0. The minimum atomic E-state index is 0.945. The number of benzene rings is 3. The summed E-state index contributed by atoms with van der Waals surface area (Å²) in [6.07, 6.45) is 1.95. The molecule has 0 unspecified atom stereocenters. The molecule has 0 aromatic heterocycles. The Kier molecular flexibility index (Phi) is 5.41. The number of nitrogens with zero attached hydrogens (tertiary/aromatic N) is 2. The standard InChI is InChI=1S/C22H22N2/c1-19(17-18-20-11-5-2-6-12-20)23-24(21-13-7-3-8-14-21)22-15-9-4-10-16-22/h2-16H,17-18H2,1H3/b23-19+. The lowest BCUT2D eigenvalue weighted by atomic mass is 10.1. The number of hydrogen-bond donors (Lipinski definition) is 0. The zero-order chi connectivity index (χ0) is 16.6. The molecule has 0 amide bonds. The highest BCUT2D eigenvalue weighted by molar-refractivity contribution is 5.84. The molecule has 0 aliphatic heterocycles. The fourth-order valence-corrected chi connectivity index (χ4v) is 2.59. The number of hydrogen-bond acceptors (Lipinski definition) is 2. The molecule has 0 aliphatic rings. The lowest BCUT2D eigenvalue weighted by molar-refractivity contribution is 0.995. The molecule has 3 rings (SSSR count). The SMILES string of the molecule is C/C(CCc1ccccc1)=N\N(c1ccccc1)c1ccccc1. The van der Waals surface area contributed by atoms with Crippen LogP contribution in [0.2, 0.25) is 0 Å². The zero-order valence-electron chi connectivity index (χ0n) is 14.0. The number of rotatable bonds is 6. The maximum atomic E-state index is 4.88. The smallest absolute Gasteiger partial charge is 0.0652 e. The Morgan fingerprint density at radius 2 is 1.17 bits per heavy atom. The van der Waals surface area contributed by atoms with E-state index in [-0.39, 0.29) is 0 Å². The van der Waals surface area contributed by atoms with Gasteiger partial charge in [0.05, 0.1) is 11.4 Å². The van der Waals surface area contributed by atoms with Crippen molar-refractivity contribution in [2.45, 2.75) is 19.8 Å². The maximum absolute atomic E-state index is 4.88. The number of para-hydroxylation sites is 2. The largest absolute Gasteiger partial charge is 0.234 e. The van der Waals surface area contributed by atoms with Gasteiger partial charge in [-0.3, -0.25) is 0 Å². The Morgan fingerprint density at radius 1 is 0.708 bits per heavy atom. The van der Waals surface area contributed by atoms with Gasteiger partial charge in [0.15, 0.2) is 0 Å². The number of anilines is 2. The van der Waals surface area contributed by atoms with E-state index >= 15 is 0 Å². The third kappa shape index (κ3) is 4.32. The maximum Gasteiger partial charge on any atom is 0.0652 e. The Hall–Kier alpha value is -2.87. The highest BCUT2D eigenvalue weighted by atomic mass is 15.5. The first-order valence-electron chi connectivity index (χ1n) is 8.31. The predicted octanol–water partition coefficient (Wildman–Crippen LogP) is 5.83. The highest BCUT2D eigenvalue weighted by Crippen LogP contribution is 2.25. The fraction of sp³-hybridized carbons (Fsp3) is 0.136. The van der Waals surface area contributed by atoms with Gasteiger partial charge >= 0.3 is 0 Å². The molecule has 0 saturated heterocycles. The predicted molar refractivity (Wildman–Crippen MR) is 103 cm³/mol. The van der Waals surface area contributed by atoms with Gasteiger partial charge in [-0.25, -0.2) is 5.01 Å². The molecule has 0 atom stereocenters. The summed E-state index contributed by atoms with van der Waals surface area (Å²) in [5.41, 5.74) is 4.61. The lowest BCUT2D eigenvalue weighted by Crippen LogP contribution is -2.12. The molecular formula is C22H22N2. The van der Waals surface area contributed by atoms with Gasteiger partial charge in [-0.2, -0.15) is 5.10 Å². The van der Waals surface area contributed by atoms with Crippen molar-refractivity contribution in [3.63, 3.8) is 0 Å². The van der Waals surface area contributed by atoms with E-state index in [0.717, 1.165) is 29.9 Å². The minimum Gasteiger partial charge on any atom is -0.234 e. The normalized spacial score (nSPS) is 11.3. The Balaban J connectivity index is 1.80. The van der Waals surface area contributed by atoms with Crippen molar-refractivity contribution in [1.29, 1.82) is 0 Å². The topological polar surface area (TPSA) is 15.6 Å². The van der Waals surface area contributed by atoms with Crippen molar-refractivity contribution >= 4 is 17.1 Å². The van der Waals surface area contributed by atoms with Crippen LogP contribution in [0.4, 0.5) is 11.4 Å². The van der Waals surface area contributed by atoms with E-state index in [1.54, 1.807) is 0 Å². The molecule has 0 aliphatic carbocycles. The fourth-order valence-electron chi connectivity index (χ4n) is 2.59. The van der Waals surface area contributed by atoms with Crippen LogP contribution >= 0.6 is 0 Å². The number of hydrazone groups is 1. The second kappa shape index (κ2) is 8.11. The van der Waals surface area contributed by atoms with Crippen molar-refractivity contribution in [3.05, 3.63) is 96.6 Å². The van der Waals surface area contributed by atoms with E-state index in [1.165, 1.54) is 5.56 Å². The second-order valence-electron chi connectivity index (χ2n) is 5.80. The summed E-state index contributed by atoms with van der Waals surface area (Å²) in [4.78, 5) is 0. The molecule has 24 heavy (non-hydrogen) atoms. The summed E-state index contributed by atoms with van der Waals surface area (Å²) in [6, 6.07) is 31.1. The Labute approximate surface area is 144 Å². The average molecular weight is 314 g/mol.